The van der Waals surface area contributed by atoms with Crippen LogP contribution in [0.1, 0.15) is 64.7 Å². The van der Waals surface area contributed by atoms with Gasteiger partial charge in [0, 0.05) is 13.0 Å². The molecular formula is C17H32N2O. The van der Waals surface area contributed by atoms with Gasteiger partial charge in [-0.3, -0.25) is 4.79 Å². The van der Waals surface area contributed by atoms with Crippen molar-refractivity contribution in [2.45, 2.75) is 64.7 Å². The van der Waals surface area contributed by atoms with E-state index in [1.165, 1.54) is 44.9 Å². The number of carbonyl (C=O) groups is 1. The average molecular weight is 280 g/mol. The van der Waals surface area contributed by atoms with E-state index in [0.29, 0.717) is 18.3 Å². The Morgan fingerprint density at radius 2 is 2.05 bits per heavy atom. The van der Waals surface area contributed by atoms with Crippen LogP contribution in [-0.4, -0.2) is 25.5 Å². The summed E-state index contributed by atoms with van der Waals surface area (Å²) in [5.41, 5.74) is 0. The molecule has 1 heterocycles. The van der Waals surface area contributed by atoms with Gasteiger partial charge < -0.3 is 10.6 Å². The molecule has 0 spiro atoms. The molecule has 3 nitrogen and oxygen atoms in total. The third-order valence-corrected chi connectivity index (χ3v) is 5.23. The van der Waals surface area contributed by atoms with Crippen LogP contribution in [0.4, 0.5) is 0 Å². The molecule has 0 radical (unpaired) electrons. The number of hydrogen-bond donors (Lipinski definition) is 2. The molecule has 2 fully saturated rings. The van der Waals surface area contributed by atoms with E-state index in [0.717, 1.165) is 32.0 Å². The van der Waals surface area contributed by atoms with Gasteiger partial charge in [-0.25, -0.2) is 0 Å². The van der Waals surface area contributed by atoms with Crippen LogP contribution in [0.2, 0.25) is 0 Å². The summed E-state index contributed by atoms with van der Waals surface area (Å²) in [4.78, 5) is 12.0. The number of carbonyl (C=O) groups excluding carboxylic acids is 1. The Balaban J connectivity index is 1.52. The summed E-state index contributed by atoms with van der Waals surface area (Å²) in [6.45, 7) is 5.35. The molecule has 1 aliphatic heterocycles. The molecule has 1 amide bonds. The molecule has 1 aliphatic carbocycles. The number of rotatable bonds is 7. The Bertz CT molecular complexity index is 281. The lowest BCUT2D eigenvalue weighted by molar-refractivity contribution is -0.122. The minimum Gasteiger partial charge on any atom is -0.356 e. The SMILES string of the molecule is CC(CC(=O)NCCCC1CCCC1)C1CCCNC1. The first-order valence-corrected chi connectivity index (χ1v) is 8.73. The van der Waals surface area contributed by atoms with E-state index in [2.05, 4.69) is 17.6 Å². The van der Waals surface area contributed by atoms with Crippen LogP contribution in [0.25, 0.3) is 0 Å². The fourth-order valence-electron chi connectivity index (χ4n) is 3.81. The molecule has 0 aromatic rings. The van der Waals surface area contributed by atoms with Crippen LogP contribution in [0.15, 0.2) is 0 Å². The molecule has 2 N–H and O–H groups in total. The Morgan fingerprint density at radius 3 is 2.75 bits per heavy atom. The van der Waals surface area contributed by atoms with E-state index in [4.69, 9.17) is 0 Å². The van der Waals surface area contributed by atoms with Gasteiger partial charge in [-0.15, -0.1) is 0 Å². The lowest BCUT2D eigenvalue weighted by atomic mass is 9.85. The lowest BCUT2D eigenvalue weighted by Crippen LogP contribution is -2.35. The normalized spacial score (nSPS) is 25.6. The fourth-order valence-corrected chi connectivity index (χ4v) is 3.81. The first kappa shape index (κ1) is 15.8. The van der Waals surface area contributed by atoms with E-state index < -0.39 is 0 Å². The van der Waals surface area contributed by atoms with Gasteiger partial charge in [0.15, 0.2) is 0 Å². The monoisotopic (exact) mass is 280 g/mol. The molecular weight excluding hydrogens is 248 g/mol. The maximum Gasteiger partial charge on any atom is 0.220 e. The average Bonchev–Trinajstić information content (AvgIpc) is 2.98. The highest BCUT2D eigenvalue weighted by atomic mass is 16.1. The zero-order valence-corrected chi connectivity index (χ0v) is 13.1. The maximum atomic E-state index is 12.0. The predicted octanol–water partition coefficient (Wildman–Crippen LogP) is 3.10. The van der Waals surface area contributed by atoms with E-state index in [1.54, 1.807) is 0 Å². The molecule has 2 unspecified atom stereocenters. The van der Waals surface area contributed by atoms with Crippen LogP contribution in [0.5, 0.6) is 0 Å². The molecule has 20 heavy (non-hydrogen) atoms. The van der Waals surface area contributed by atoms with Crippen molar-refractivity contribution in [2.24, 2.45) is 17.8 Å². The van der Waals surface area contributed by atoms with Crippen LogP contribution in [0.3, 0.4) is 0 Å². The molecule has 0 aromatic heterocycles. The van der Waals surface area contributed by atoms with Gasteiger partial charge >= 0.3 is 0 Å². The zero-order valence-electron chi connectivity index (χ0n) is 13.1. The van der Waals surface area contributed by atoms with Crippen LogP contribution in [-0.2, 0) is 4.79 Å². The molecule has 1 saturated heterocycles. The van der Waals surface area contributed by atoms with Crippen LogP contribution in [0, 0.1) is 17.8 Å². The van der Waals surface area contributed by atoms with Crippen molar-refractivity contribution in [1.29, 1.82) is 0 Å². The molecule has 116 valence electrons. The molecule has 2 rings (SSSR count). The van der Waals surface area contributed by atoms with Crippen molar-refractivity contribution in [3.8, 4) is 0 Å². The summed E-state index contributed by atoms with van der Waals surface area (Å²) in [6.07, 6.45) is 11.4. The molecule has 2 aliphatic rings. The van der Waals surface area contributed by atoms with Gasteiger partial charge in [-0.1, -0.05) is 32.6 Å². The quantitative estimate of drug-likeness (QED) is 0.704. The number of piperidine rings is 1. The Hall–Kier alpha value is -0.570. The summed E-state index contributed by atoms with van der Waals surface area (Å²) in [7, 11) is 0. The summed E-state index contributed by atoms with van der Waals surface area (Å²) in [6, 6.07) is 0. The van der Waals surface area contributed by atoms with Gasteiger partial charge in [0.2, 0.25) is 5.91 Å². The van der Waals surface area contributed by atoms with Crippen molar-refractivity contribution in [3.63, 3.8) is 0 Å². The minimum absolute atomic E-state index is 0.259. The smallest absolute Gasteiger partial charge is 0.220 e. The van der Waals surface area contributed by atoms with Crippen LogP contribution >= 0.6 is 0 Å². The first-order chi connectivity index (χ1) is 9.75. The number of amides is 1. The lowest BCUT2D eigenvalue weighted by Gasteiger charge is -2.28. The minimum atomic E-state index is 0.259. The summed E-state index contributed by atoms with van der Waals surface area (Å²) in [5.74, 6) is 2.40. The zero-order chi connectivity index (χ0) is 14.2. The van der Waals surface area contributed by atoms with Crippen molar-refractivity contribution >= 4 is 5.91 Å². The molecule has 2 atom stereocenters. The topological polar surface area (TPSA) is 41.1 Å². The highest BCUT2D eigenvalue weighted by molar-refractivity contribution is 5.76. The van der Waals surface area contributed by atoms with Gasteiger partial charge in [-0.05, 0) is 56.5 Å². The second-order valence-corrected chi connectivity index (χ2v) is 6.93. The van der Waals surface area contributed by atoms with Gasteiger partial charge in [0.25, 0.3) is 0 Å². The predicted molar refractivity (Wildman–Crippen MR) is 83.6 cm³/mol. The van der Waals surface area contributed by atoms with Crippen LogP contribution < -0.4 is 10.6 Å². The molecule has 1 saturated carbocycles. The molecule has 3 heteroatoms. The van der Waals surface area contributed by atoms with Crippen molar-refractivity contribution in [3.05, 3.63) is 0 Å². The summed E-state index contributed by atoms with van der Waals surface area (Å²) in [5, 5.41) is 6.56. The van der Waals surface area contributed by atoms with E-state index in [1.807, 2.05) is 0 Å². The van der Waals surface area contributed by atoms with E-state index in [9.17, 15) is 4.79 Å². The fraction of sp³-hybridized carbons (Fsp3) is 0.941. The Morgan fingerprint density at radius 1 is 1.25 bits per heavy atom. The molecule has 0 aromatic carbocycles. The second kappa shape index (κ2) is 8.66. The van der Waals surface area contributed by atoms with E-state index >= 15 is 0 Å². The summed E-state index contributed by atoms with van der Waals surface area (Å²) < 4.78 is 0. The highest BCUT2D eigenvalue weighted by Gasteiger charge is 2.21. The third-order valence-electron chi connectivity index (χ3n) is 5.23. The number of hydrogen-bond acceptors (Lipinski definition) is 2. The van der Waals surface area contributed by atoms with Gasteiger partial charge in [-0.2, -0.15) is 0 Å². The van der Waals surface area contributed by atoms with Gasteiger partial charge in [0.05, 0.1) is 0 Å². The Kier molecular flexibility index (Phi) is 6.85. The Labute approximate surface area is 124 Å². The third kappa shape index (κ3) is 5.43. The highest BCUT2D eigenvalue weighted by Crippen LogP contribution is 2.28. The van der Waals surface area contributed by atoms with Crippen molar-refractivity contribution < 1.29 is 4.79 Å². The molecule has 0 bridgehead atoms. The first-order valence-electron chi connectivity index (χ1n) is 8.73. The largest absolute Gasteiger partial charge is 0.356 e. The summed E-state index contributed by atoms with van der Waals surface area (Å²) >= 11 is 0. The van der Waals surface area contributed by atoms with Gasteiger partial charge in [0.1, 0.15) is 0 Å². The van der Waals surface area contributed by atoms with E-state index in [-0.39, 0.29) is 5.91 Å². The maximum absolute atomic E-state index is 12.0. The standard InChI is InChI=1S/C17H32N2O/c1-14(16-9-5-10-18-13-16)12-17(20)19-11-4-8-15-6-2-3-7-15/h14-16,18H,2-13H2,1H3,(H,19,20). The number of nitrogens with one attached hydrogen (secondary N) is 2. The van der Waals surface area contributed by atoms with Crippen molar-refractivity contribution in [1.82, 2.24) is 10.6 Å². The second-order valence-electron chi connectivity index (χ2n) is 6.93. The van der Waals surface area contributed by atoms with Crippen molar-refractivity contribution in [2.75, 3.05) is 19.6 Å².